The molecule has 0 aromatic heterocycles. The van der Waals surface area contributed by atoms with Crippen LogP contribution in [0.15, 0.2) is 71.6 Å². The van der Waals surface area contributed by atoms with Gasteiger partial charge in [0.1, 0.15) is 18.1 Å². The smallest absolute Gasteiger partial charge is 0.264 e. The molecule has 3 aromatic rings. The first-order valence-corrected chi connectivity index (χ1v) is 11.7. The molecule has 0 aliphatic rings. The summed E-state index contributed by atoms with van der Waals surface area (Å²) in [4.78, 5) is 12.7. The van der Waals surface area contributed by atoms with Crippen LogP contribution in [-0.4, -0.2) is 27.5 Å². The molecule has 6 nitrogen and oxygen atoms in total. The number of hydrogen-bond donors (Lipinski definition) is 1. The summed E-state index contributed by atoms with van der Waals surface area (Å²) >= 11 is 11.7. The van der Waals surface area contributed by atoms with Crippen LogP contribution in [0.3, 0.4) is 0 Å². The first-order valence-electron chi connectivity index (χ1n) is 9.47. The van der Waals surface area contributed by atoms with Crippen LogP contribution in [0.5, 0.6) is 5.75 Å². The number of halogens is 3. The molecule has 0 atom stereocenters. The number of nitrogens with zero attached hydrogens (tertiary/aromatic N) is 1. The zero-order valence-electron chi connectivity index (χ0n) is 16.9. The van der Waals surface area contributed by atoms with Crippen LogP contribution in [0.1, 0.15) is 6.92 Å². The molecule has 0 unspecified atom stereocenters. The van der Waals surface area contributed by atoms with Crippen molar-refractivity contribution in [2.75, 3.05) is 22.8 Å². The highest BCUT2D eigenvalue weighted by molar-refractivity contribution is 7.92. The van der Waals surface area contributed by atoms with Crippen LogP contribution in [0.2, 0.25) is 10.0 Å². The highest BCUT2D eigenvalue weighted by atomic mass is 35.5. The van der Waals surface area contributed by atoms with Gasteiger partial charge in [-0.2, -0.15) is 0 Å². The third-order valence-electron chi connectivity index (χ3n) is 4.33. The van der Waals surface area contributed by atoms with Gasteiger partial charge in [0.15, 0.2) is 0 Å². The highest BCUT2D eigenvalue weighted by Crippen LogP contribution is 2.33. The molecule has 10 heteroatoms. The van der Waals surface area contributed by atoms with Gasteiger partial charge >= 0.3 is 0 Å². The summed E-state index contributed by atoms with van der Waals surface area (Å²) in [5.41, 5.74) is 0.417. The van der Waals surface area contributed by atoms with Crippen molar-refractivity contribution in [2.24, 2.45) is 0 Å². The molecular weight excluding hydrogens is 478 g/mol. The van der Waals surface area contributed by atoms with Crippen LogP contribution in [0.25, 0.3) is 0 Å². The molecule has 168 valence electrons. The van der Waals surface area contributed by atoms with Crippen molar-refractivity contribution in [2.45, 2.75) is 11.8 Å². The second-order valence-electron chi connectivity index (χ2n) is 6.54. The Labute approximate surface area is 195 Å². The van der Waals surface area contributed by atoms with E-state index in [1.807, 2.05) is 0 Å². The summed E-state index contributed by atoms with van der Waals surface area (Å²) in [5.74, 6) is -0.996. The summed E-state index contributed by atoms with van der Waals surface area (Å²) in [6, 6.07) is 15.8. The molecule has 0 heterocycles. The molecule has 0 fully saturated rings. The van der Waals surface area contributed by atoms with Gasteiger partial charge in [-0.3, -0.25) is 9.10 Å². The third-order valence-corrected chi connectivity index (χ3v) is 6.64. The lowest BCUT2D eigenvalue weighted by atomic mass is 10.3. The van der Waals surface area contributed by atoms with E-state index in [-0.39, 0.29) is 21.3 Å². The number of rotatable bonds is 8. The van der Waals surface area contributed by atoms with Gasteiger partial charge < -0.3 is 10.1 Å². The predicted octanol–water partition coefficient (Wildman–Crippen LogP) is 5.37. The Hall–Kier alpha value is -2.81. The quantitative estimate of drug-likeness (QED) is 0.455. The van der Waals surface area contributed by atoms with Gasteiger partial charge in [-0.25, -0.2) is 12.8 Å². The minimum Gasteiger partial charge on any atom is -0.492 e. The molecule has 0 radical (unpaired) electrons. The van der Waals surface area contributed by atoms with Crippen LogP contribution in [0.4, 0.5) is 15.8 Å². The van der Waals surface area contributed by atoms with Gasteiger partial charge in [0.25, 0.3) is 10.0 Å². The molecule has 0 aliphatic heterocycles. The number of anilines is 2. The second-order valence-corrected chi connectivity index (χ2v) is 9.25. The Morgan fingerprint density at radius 3 is 2.41 bits per heavy atom. The number of sulfonamides is 1. The molecular formula is C22H19Cl2FN2O4S. The molecule has 3 rings (SSSR count). The van der Waals surface area contributed by atoms with E-state index >= 15 is 0 Å². The lowest BCUT2D eigenvalue weighted by Gasteiger charge is -2.26. The molecule has 0 spiro atoms. The Morgan fingerprint density at radius 1 is 1.06 bits per heavy atom. The van der Waals surface area contributed by atoms with E-state index < -0.39 is 28.3 Å². The molecule has 3 aromatic carbocycles. The lowest BCUT2D eigenvalue weighted by Crippen LogP contribution is -2.38. The fraction of sp³-hybridized carbons (Fsp3) is 0.136. The number of hydrogen-bond acceptors (Lipinski definition) is 4. The summed E-state index contributed by atoms with van der Waals surface area (Å²) in [7, 11) is -4.17. The summed E-state index contributed by atoms with van der Waals surface area (Å²) in [6.45, 7) is 1.50. The summed E-state index contributed by atoms with van der Waals surface area (Å²) in [5, 5.41) is 2.74. The van der Waals surface area contributed by atoms with Gasteiger partial charge in [0.05, 0.1) is 22.2 Å². The number of carbonyl (C=O) groups excluding carboxylic acids is 1. The zero-order valence-corrected chi connectivity index (χ0v) is 19.2. The van der Waals surface area contributed by atoms with Crippen LogP contribution >= 0.6 is 23.2 Å². The van der Waals surface area contributed by atoms with Crippen LogP contribution in [0, 0.1) is 5.82 Å². The van der Waals surface area contributed by atoms with Crippen molar-refractivity contribution in [3.8, 4) is 5.75 Å². The van der Waals surface area contributed by atoms with Crippen molar-refractivity contribution in [3.05, 3.63) is 82.6 Å². The van der Waals surface area contributed by atoms with E-state index in [0.717, 1.165) is 10.4 Å². The summed E-state index contributed by atoms with van der Waals surface area (Å²) < 4.78 is 46.9. The number of amides is 1. The van der Waals surface area contributed by atoms with Crippen molar-refractivity contribution in [1.29, 1.82) is 0 Å². The average Bonchev–Trinajstić information content (AvgIpc) is 2.76. The Balaban J connectivity index is 1.99. The molecule has 32 heavy (non-hydrogen) atoms. The van der Waals surface area contributed by atoms with Gasteiger partial charge in [0, 0.05) is 10.7 Å². The maximum atomic E-state index is 13.5. The van der Waals surface area contributed by atoms with Gasteiger partial charge in [-0.1, -0.05) is 35.3 Å². The fourth-order valence-electron chi connectivity index (χ4n) is 2.88. The molecule has 0 saturated carbocycles. The van der Waals surface area contributed by atoms with Crippen molar-refractivity contribution in [3.63, 3.8) is 0 Å². The standard InChI is InChI=1S/C22H19Cl2FN2O4S/c1-2-31-21-6-4-3-5-20(21)27(32(29,30)17-10-7-15(23)8-11-17)14-22(28)26-16-9-12-19(25)18(24)13-16/h3-13H,2,14H2,1H3,(H,26,28). The second kappa shape index (κ2) is 10.2. The van der Waals surface area contributed by atoms with Gasteiger partial charge in [-0.15, -0.1) is 0 Å². The monoisotopic (exact) mass is 496 g/mol. The number of nitrogens with one attached hydrogen (secondary N) is 1. The third kappa shape index (κ3) is 5.51. The Kier molecular flexibility index (Phi) is 7.60. The topological polar surface area (TPSA) is 75.7 Å². The van der Waals surface area contributed by atoms with E-state index in [0.29, 0.717) is 17.4 Å². The summed E-state index contributed by atoms with van der Waals surface area (Å²) in [6.07, 6.45) is 0. The van der Waals surface area contributed by atoms with E-state index in [1.165, 1.54) is 36.4 Å². The fourth-order valence-corrected chi connectivity index (χ4v) is 4.62. The van der Waals surface area contributed by atoms with Crippen LogP contribution < -0.4 is 14.4 Å². The van der Waals surface area contributed by atoms with E-state index in [9.17, 15) is 17.6 Å². The Morgan fingerprint density at radius 2 is 1.75 bits per heavy atom. The van der Waals surface area contributed by atoms with E-state index in [4.69, 9.17) is 27.9 Å². The number of para-hydroxylation sites is 2. The molecule has 0 saturated heterocycles. The van der Waals surface area contributed by atoms with Gasteiger partial charge in [-0.05, 0) is 61.5 Å². The zero-order chi connectivity index (χ0) is 23.3. The lowest BCUT2D eigenvalue weighted by molar-refractivity contribution is -0.114. The minimum atomic E-state index is -4.17. The molecule has 0 bridgehead atoms. The maximum Gasteiger partial charge on any atom is 0.264 e. The van der Waals surface area contributed by atoms with Crippen molar-refractivity contribution in [1.82, 2.24) is 0 Å². The van der Waals surface area contributed by atoms with Crippen molar-refractivity contribution < 1.29 is 22.3 Å². The number of carbonyl (C=O) groups is 1. The number of benzene rings is 3. The SMILES string of the molecule is CCOc1ccccc1N(CC(=O)Nc1ccc(F)c(Cl)c1)S(=O)(=O)c1ccc(Cl)cc1. The number of ether oxygens (including phenoxy) is 1. The average molecular weight is 497 g/mol. The maximum absolute atomic E-state index is 13.5. The van der Waals surface area contributed by atoms with Crippen molar-refractivity contribution >= 4 is 50.5 Å². The largest absolute Gasteiger partial charge is 0.492 e. The highest BCUT2D eigenvalue weighted by Gasteiger charge is 2.29. The minimum absolute atomic E-state index is 0.0502. The predicted molar refractivity (Wildman–Crippen MR) is 124 cm³/mol. The van der Waals surface area contributed by atoms with Gasteiger partial charge in [0.2, 0.25) is 5.91 Å². The van der Waals surface area contributed by atoms with Crippen LogP contribution in [-0.2, 0) is 14.8 Å². The first kappa shape index (κ1) is 23.8. The molecule has 1 amide bonds. The molecule has 0 aliphatic carbocycles. The van der Waals surface area contributed by atoms with E-state index in [1.54, 1.807) is 31.2 Å². The molecule has 1 N–H and O–H groups in total. The first-order chi connectivity index (χ1) is 15.2. The Bertz CT molecular complexity index is 1220. The van der Waals surface area contributed by atoms with E-state index in [2.05, 4.69) is 5.32 Å². The normalized spacial score (nSPS) is 11.1.